The van der Waals surface area contributed by atoms with Crippen LogP contribution in [0.3, 0.4) is 0 Å². The number of benzene rings is 2. The normalized spacial score (nSPS) is 12.1. The maximum Gasteiger partial charge on any atom is 0.416 e. The van der Waals surface area contributed by atoms with Crippen molar-refractivity contribution in [3.05, 3.63) is 64.7 Å². The van der Waals surface area contributed by atoms with E-state index in [1.807, 2.05) is 6.92 Å². The summed E-state index contributed by atoms with van der Waals surface area (Å²) in [6.07, 6.45) is -4.53. The molecular formula is C17H15F3N2O2. The van der Waals surface area contributed by atoms with E-state index in [4.69, 9.17) is 0 Å². The largest absolute Gasteiger partial charge is 0.507 e. The van der Waals surface area contributed by atoms with Crippen molar-refractivity contribution < 1.29 is 23.1 Å². The number of hydrogen-bond acceptors (Lipinski definition) is 3. The Morgan fingerprint density at radius 2 is 1.75 bits per heavy atom. The van der Waals surface area contributed by atoms with Crippen molar-refractivity contribution in [1.29, 1.82) is 0 Å². The Morgan fingerprint density at radius 1 is 1.12 bits per heavy atom. The molecule has 0 aliphatic heterocycles. The Hall–Kier alpha value is -2.83. The summed E-state index contributed by atoms with van der Waals surface area (Å²) in [4.78, 5) is 11.9. The second-order valence-corrected chi connectivity index (χ2v) is 5.23. The van der Waals surface area contributed by atoms with Crippen molar-refractivity contribution in [1.82, 2.24) is 5.43 Å². The van der Waals surface area contributed by atoms with Gasteiger partial charge in [-0.2, -0.15) is 18.3 Å². The number of phenolic OH excluding ortho intramolecular Hbond substituents is 1. The number of aromatic hydroxyl groups is 1. The highest BCUT2D eigenvalue weighted by molar-refractivity contribution is 6.02. The van der Waals surface area contributed by atoms with Crippen LogP contribution in [0.1, 0.15) is 34.0 Å². The minimum Gasteiger partial charge on any atom is -0.507 e. The van der Waals surface area contributed by atoms with Gasteiger partial charge in [-0.05, 0) is 44.2 Å². The molecular weight excluding hydrogens is 321 g/mol. The molecule has 0 radical (unpaired) electrons. The number of amides is 1. The Bertz CT molecular complexity index is 781. The van der Waals surface area contributed by atoms with E-state index in [9.17, 15) is 23.1 Å². The predicted octanol–water partition coefficient (Wildman–Crippen LogP) is 3.87. The van der Waals surface area contributed by atoms with Gasteiger partial charge in [-0.1, -0.05) is 17.7 Å². The molecule has 0 spiro atoms. The summed E-state index contributed by atoms with van der Waals surface area (Å²) in [5.74, 6) is -0.852. The van der Waals surface area contributed by atoms with Gasteiger partial charge in [0.1, 0.15) is 5.75 Å². The summed E-state index contributed by atoms with van der Waals surface area (Å²) in [7, 11) is 0. The Morgan fingerprint density at radius 3 is 2.33 bits per heavy atom. The molecule has 0 saturated carbocycles. The lowest BCUT2D eigenvalue weighted by Crippen LogP contribution is -2.19. The van der Waals surface area contributed by atoms with Gasteiger partial charge in [-0.15, -0.1) is 0 Å². The molecule has 0 aliphatic carbocycles. The molecule has 0 aromatic heterocycles. The van der Waals surface area contributed by atoms with E-state index < -0.39 is 17.6 Å². The zero-order chi connectivity index (χ0) is 17.9. The van der Waals surface area contributed by atoms with Crippen molar-refractivity contribution >= 4 is 11.6 Å². The molecule has 4 nitrogen and oxygen atoms in total. The van der Waals surface area contributed by atoms with Gasteiger partial charge in [0.25, 0.3) is 5.91 Å². The number of aryl methyl sites for hydroxylation is 1. The highest BCUT2D eigenvalue weighted by atomic mass is 19.4. The lowest BCUT2D eigenvalue weighted by atomic mass is 10.1. The maximum atomic E-state index is 12.7. The Labute approximate surface area is 136 Å². The van der Waals surface area contributed by atoms with Crippen molar-refractivity contribution in [2.45, 2.75) is 20.0 Å². The standard InChI is InChI=1S/C17H15F3N2O2/c1-10-3-5-12(6-4-10)16(24)22-21-11(2)14-9-13(17(18,19)20)7-8-15(14)23/h3-9,23H,1-2H3,(H,22,24)/b21-11+. The van der Waals surface area contributed by atoms with Crippen LogP contribution in [-0.2, 0) is 6.18 Å². The van der Waals surface area contributed by atoms with E-state index in [1.54, 1.807) is 24.3 Å². The third-order valence-corrected chi connectivity index (χ3v) is 3.35. The van der Waals surface area contributed by atoms with Gasteiger partial charge in [0.05, 0.1) is 11.3 Å². The molecule has 24 heavy (non-hydrogen) atoms. The van der Waals surface area contributed by atoms with Gasteiger partial charge in [0.15, 0.2) is 0 Å². The minimum atomic E-state index is -4.53. The Balaban J connectivity index is 2.21. The fraction of sp³-hybridized carbons (Fsp3) is 0.176. The van der Waals surface area contributed by atoms with E-state index >= 15 is 0 Å². The number of nitrogens with zero attached hydrogens (tertiary/aromatic N) is 1. The third-order valence-electron chi connectivity index (χ3n) is 3.35. The number of carbonyl (C=O) groups excluding carboxylic acids is 1. The van der Waals surface area contributed by atoms with Crippen LogP contribution in [-0.4, -0.2) is 16.7 Å². The zero-order valence-electron chi connectivity index (χ0n) is 13.0. The van der Waals surface area contributed by atoms with E-state index in [1.165, 1.54) is 6.92 Å². The number of hydrogen-bond donors (Lipinski definition) is 2. The summed E-state index contributed by atoms with van der Waals surface area (Å²) in [5, 5.41) is 13.5. The van der Waals surface area contributed by atoms with E-state index in [0.29, 0.717) is 5.56 Å². The first-order valence-electron chi connectivity index (χ1n) is 7.00. The van der Waals surface area contributed by atoms with Crippen LogP contribution in [0.2, 0.25) is 0 Å². The first kappa shape index (κ1) is 17.5. The summed E-state index contributed by atoms with van der Waals surface area (Å²) in [6, 6.07) is 9.23. The molecule has 2 rings (SSSR count). The number of alkyl halides is 3. The van der Waals surface area contributed by atoms with Crippen molar-refractivity contribution in [2.75, 3.05) is 0 Å². The lowest BCUT2D eigenvalue weighted by Gasteiger charge is -2.10. The van der Waals surface area contributed by atoms with Gasteiger partial charge < -0.3 is 5.11 Å². The van der Waals surface area contributed by atoms with Crippen LogP contribution in [0.4, 0.5) is 13.2 Å². The van der Waals surface area contributed by atoms with Crippen LogP contribution < -0.4 is 5.43 Å². The number of halogens is 3. The number of phenols is 1. The van der Waals surface area contributed by atoms with E-state index in [2.05, 4.69) is 10.5 Å². The molecule has 2 aromatic rings. The Kier molecular flexibility index (Phi) is 4.92. The minimum absolute atomic E-state index is 0.0547. The molecule has 0 saturated heterocycles. The molecule has 126 valence electrons. The van der Waals surface area contributed by atoms with Crippen LogP contribution in [0.25, 0.3) is 0 Å². The SMILES string of the molecule is C/C(=N\NC(=O)c1ccc(C)cc1)c1cc(C(F)(F)F)ccc1O. The van der Waals surface area contributed by atoms with Crippen LogP contribution >= 0.6 is 0 Å². The number of carbonyl (C=O) groups is 1. The average Bonchev–Trinajstić information content (AvgIpc) is 2.52. The molecule has 0 atom stereocenters. The fourth-order valence-corrected chi connectivity index (χ4v) is 1.97. The summed E-state index contributed by atoms with van der Waals surface area (Å²) in [5.41, 5.74) is 2.66. The molecule has 7 heteroatoms. The first-order valence-corrected chi connectivity index (χ1v) is 7.00. The molecule has 0 unspecified atom stereocenters. The number of hydrazone groups is 1. The van der Waals surface area contributed by atoms with Crippen molar-refractivity contribution in [3.8, 4) is 5.75 Å². The first-order chi connectivity index (χ1) is 11.2. The highest BCUT2D eigenvalue weighted by Gasteiger charge is 2.31. The van der Waals surface area contributed by atoms with Crippen LogP contribution in [0, 0.1) is 6.92 Å². The topological polar surface area (TPSA) is 61.7 Å². The summed E-state index contributed by atoms with van der Waals surface area (Å²) in [6.45, 7) is 3.27. The third kappa shape index (κ3) is 4.13. The zero-order valence-corrected chi connectivity index (χ0v) is 13.0. The summed E-state index contributed by atoms with van der Waals surface area (Å²) >= 11 is 0. The molecule has 1 amide bonds. The second-order valence-electron chi connectivity index (χ2n) is 5.23. The van der Waals surface area contributed by atoms with Crippen LogP contribution in [0.5, 0.6) is 5.75 Å². The predicted molar refractivity (Wildman–Crippen MR) is 84.0 cm³/mol. The molecule has 0 bridgehead atoms. The maximum absolute atomic E-state index is 12.7. The molecule has 0 fully saturated rings. The quantitative estimate of drug-likeness (QED) is 0.660. The van der Waals surface area contributed by atoms with Gasteiger partial charge >= 0.3 is 6.18 Å². The second kappa shape index (κ2) is 6.74. The van der Waals surface area contributed by atoms with Crippen LogP contribution in [0.15, 0.2) is 47.6 Å². The van der Waals surface area contributed by atoms with Crippen molar-refractivity contribution in [3.63, 3.8) is 0 Å². The van der Waals surface area contributed by atoms with Gasteiger partial charge in [-0.25, -0.2) is 5.43 Å². The fourth-order valence-electron chi connectivity index (χ4n) is 1.97. The van der Waals surface area contributed by atoms with Crippen molar-refractivity contribution in [2.24, 2.45) is 5.10 Å². The van der Waals surface area contributed by atoms with E-state index in [-0.39, 0.29) is 17.0 Å². The van der Waals surface area contributed by atoms with Gasteiger partial charge in [0.2, 0.25) is 0 Å². The molecule has 0 aliphatic rings. The smallest absolute Gasteiger partial charge is 0.416 e. The monoisotopic (exact) mass is 336 g/mol. The molecule has 2 N–H and O–H groups in total. The number of rotatable bonds is 3. The molecule has 0 heterocycles. The lowest BCUT2D eigenvalue weighted by molar-refractivity contribution is -0.137. The van der Waals surface area contributed by atoms with Gasteiger partial charge in [0, 0.05) is 11.1 Å². The van der Waals surface area contributed by atoms with E-state index in [0.717, 1.165) is 23.8 Å². The average molecular weight is 336 g/mol. The number of nitrogens with one attached hydrogen (secondary N) is 1. The molecule has 2 aromatic carbocycles. The highest BCUT2D eigenvalue weighted by Crippen LogP contribution is 2.32. The van der Waals surface area contributed by atoms with Gasteiger partial charge in [-0.3, -0.25) is 4.79 Å². The summed E-state index contributed by atoms with van der Waals surface area (Å²) < 4.78 is 38.2.